The third kappa shape index (κ3) is 3.03. The van der Waals surface area contributed by atoms with Crippen molar-refractivity contribution in [2.24, 2.45) is 5.92 Å². The van der Waals surface area contributed by atoms with Gasteiger partial charge in [0.15, 0.2) is 0 Å². The summed E-state index contributed by atoms with van der Waals surface area (Å²) in [5.41, 5.74) is 0.903. The monoisotopic (exact) mass is 267 g/mol. The third-order valence-electron chi connectivity index (χ3n) is 3.64. The number of aliphatic hydroxyl groups is 1. The number of likely N-dealkylation sites (tertiary alicyclic amines) is 1. The molecule has 18 heavy (non-hydrogen) atoms. The molecule has 3 nitrogen and oxygen atoms in total. The molecule has 1 saturated heterocycles. The highest BCUT2D eigenvalue weighted by atomic mass is 35.5. The van der Waals surface area contributed by atoms with E-state index in [0.717, 1.165) is 31.5 Å². The van der Waals surface area contributed by atoms with Gasteiger partial charge in [-0.2, -0.15) is 0 Å². The zero-order valence-electron chi connectivity index (χ0n) is 10.5. The van der Waals surface area contributed by atoms with E-state index in [-0.39, 0.29) is 11.8 Å². The number of hydrogen-bond acceptors (Lipinski definition) is 2. The lowest BCUT2D eigenvalue weighted by atomic mass is 9.87. The molecule has 0 radical (unpaired) electrons. The number of benzene rings is 1. The molecule has 1 aliphatic rings. The lowest BCUT2D eigenvalue weighted by Gasteiger charge is -2.33. The van der Waals surface area contributed by atoms with Crippen LogP contribution in [0.2, 0.25) is 5.02 Å². The van der Waals surface area contributed by atoms with Crippen LogP contribution in [0.4, 0.5) is 0 Å². The molecule has 0 aliphatic carbocycles. The van der Waals surface area contributed by atoms with Gasteiger partial charge in [0.2, 0.25) is 5.91 Å². The minimum Gasteiger partial charge on any atom is -0.388 e. The van der Waals surface area contributed by atoms with Crippen LogP contribution in [0.3, 0.4) is 0 Å². The van der Waals surface area contributed by atoms with Crippen molar-refractivity contribution in [2.45, 2.75) is 25.9 Å². The normalized spacial score (nSPS) is 18.7. The highest BCUT2D eigenvalue weighted by Crippen LogP contribution is 2.31. The Labute approximate surface area is 112 Å². The molecule has 2 rings (SSSR count). The smallest absolute Gasteiger partial charge is 0.219 e. The molecular weight excluding hydrogens is 250 g/mol. The van der Waals surface area contributed by atoms with Crippen LogP contribution in [-0.4, -0.2) is 29.0 Å². The molecule has 0 spiro atoms. The minimum absolute atomic E-state index is 0.120. The number of aliphatic hydroxyl groups excluding tert-OH is 1. The molecule has 1 aliphatic heterocycles. The molecule has 1 amide bonds. The first-order valence-electron chi connectivity index (χ1n) is 6.27. The highest BCUT2D eigenvalue weighted by Gasteiger charge is 2.26. The Morgan fingerprint density at radius 3 is 2.39 bits per heavy atom. The fourth-order valence-corrected chi connectivity index (χ4v) is 2.59. The molecule has 1 atom stereocenters. The molecule has 1 N–H and O–H groups in total. The predicted molar refractivity (Wildman–Crippen MR) is 71.4 cm³/mol. The molecule has 1 unspecified atom stereocenters. The Bertz CT molecular complexity index is 410. The van der Waals surface area contributed by atoms with E-state index in [9.17, 15) is 9.90 Å². The van der Waals surface area contributed by atoms with Gasteiger partial charge in [-0.25, -0.2) is 0 Å². The first-order chi connectivity index (χ1) is 8.58. The van der Waals surface area contributed by atoms with E-state index >= 15 is 0 Å². The Kier molecular flexibility index (Phi) is 4.25. The fraction of sp³-hybridized carbons (Fsp3) is 0.500. The summed E-state index contributed by atoms with van der Waals surface area (Å²) < 4.78 is 0. The molecular formula is C14H18ClNO2. The van der Waals surface area contributed by atoms with Crippen molar-refractivity contribution < 1.29 is 9.90 Å². The van der Waals surface area contributed by atoms with Crippen LogP contribution in [-0.2, 0) is 4.79 Å². The maximum Gasteiger partial charge on any atom is 0.219 e. The predicted octanol–water partition coefficient (Wildman–Crippen LogP) is 2.63. The number of piperidine rings is 1. The first kappa shape index (κ1) is 13.4. The molecule has 1 fully saturated rings. The molecule has 4 heteroatoms. The quantitative estimate of drug-likeness (QED) is 0.895. The maximum absolute atomic E-state index is 11.2. The maximum atomic E-state index is 11.2. The Balaban J connectivity index is 1.97. The van der Waals surface area contributed by atoms with E-state index in [0.29, 0.717) is 5.02 Å². The molecule has 1 aromatic carbocycles. The zero-order valence-corrected chi connectivity index (χ0v) is 11.2. The summed E-state index contributed by atoms with van der Waals surface area (Å²) in [6, 6.07) is 7.32. The standard InChI is InChI=1S/C14H18ClNO2/c1-10(17)16-8-6-12(7-9-16)14(18)11-2-4-13(15)5-3-11/h2-5,12,14,18H,6-9H2,1H3. The molecule has 0 aromatic heterocycles. The van der Waals surface area contributed by atoms with Gasteiger partial charge in [-0.05, 0) is 36.5 Å². The summed E-state index contributed by atoms with van der Waals surface area (Å²) in [5, 5.41) is 11.0. The molecule has 1 aromatic rings. The largest absolute Gasteiger partial charge is 0.388 e. The van der Waals surface area contributed by atoms with E-state index in [2.05, 4.69) is 0 Å². The minimum atomic E-state index is -0.462. The van der Waals surface area contributed by atoms with Crippen LogP contribution in [0, 0.1) is 5.92 Å². The van der Waals surface area contributed by atoms with Crippen molar-refractivity contribution in [3.63, 3.8) is 0 Å². The number of amides is 1. The Morgan fingerprint density at radius 1 is 1.33 bits per heavy atom. The average molecular weight is 268 g/mol. The molecule has 98 valence electrons. The van der Waals surface area contributed by atoms with Gasteiger partial charge in [0.1, 0.15) is 0 Å². The summed E-state index contributed by atoms with van der Waals surface area (Å²) in [6.07, 6.45) is 1.24. The second kappa shape index (κ2) is 5.72. The van der Waals surface area contributed by atoms with E-state index in [4.69, 9.17) is 11.6 Å². The Morgan fingerprint density at radius 2 is 1.89 bits per heavy atom. The number of halogens is 1. The lowest BCUT2D eigenvalue weighted by Crippen LogP contribution is -2.38. The van der Waals surface area contributed by atoms with E-state index < -0.39 is 6.10 Å². The van der Waals surface area contributed by atoms with Crippen molar-refractivity contribution >= 4 is 17.5 Å². The Hall–Kier alpha value is -1.06. The van der Waals surface area contributed by atoms with Gasteiger partial charge in [0.25, 0.3) is 0 Å². The number of rotatable bonds is 2. The molecule has 0 bridgehead atoms. The summed E-state index contributed by atoms with van der Waals surface area (Å²) in [6.45, 7) is 3.07. The number of hydrogen-bond donors (Lipinski definition) is 1. The van der Waals surface area contributed by atoms with E-state index in [1.807, 2.05) is 17.0 Å². The second-order valence-corrected chi connectivity index (χ2v) is 5.28. The topological polar surface area (TPSA) is 40.5 Å². The summed E-state index contributed by atoms with van der Waals surface area (Å²) in [4.78, 5) is 13.1. The van der Waals surface area contributed by atoms with Crippen molar-refractivity contribution in [3.8, 4) is 0 Å². The fourth-order valence-electron chi connectivity index (χ4n) is 2.46. The van der Waals surface area contributed by atoms with Gasteiger partial charge in [0, 0.05) is 25.0 Å². The van der Waals surface area contributed by atoms with Crippen LogP contribution in [0.25, 0.3) is 0 Å². The lowest BCUT2D eigenvalue weighted by molar-refractivity contribution is -0.130. The third-order valence-corrected chi connectivity index (χ3v) is 3.89. The van der Waals surface area contributed by atoms with Crippen LogP contribution in [0.1, 0.15) is 31.4 Å². The number of carbonyl (C=O) groups is 1. The van der Waals surface area contributed by atoms with Crippen LogP contribution in [0.5, 0.6) is 0 Å². The SMILES string of the molecule is CC(=O)N1CCC(C(O)c2ccc(Cl)cc2)CC1. The average Bonchev–Trinajstić information content (AvgIpc) is 2.39. The van der Waals surface area contributed by atoms with Crippen molar-refractivity contribution in [1.29, 1.82) is 0 Å². The van der Waals surface area contributed by atoms with Gasteiger partial charge in [0.05, 0.1) is 6.10 Å². The summed E-state index contributed by atoms with van der Waals surface area (Å²) >= 11 is 5.83. The van der Waals surface area contributed by atoms with Crippen molar-refractivity contribution in [1.82, 2.24) is 4.90 Å². The summed E-state index contributed by atoms with van der Waals surface area (Å²) in [7, 11) is 0. The van der Waals surface area contributed by atoms with Crippen molar-refractivity contribution in [3.05, 3.63) is 34.9 Å². The van der Waals surface area contributed by atoms with Crippen molar-refractivity contribution in [2.75, 3.05) is 13.1 Å². The first-order valence-corrected chi connectivity index (χ1v) is 6.65. The van der Waals surface area contributed by atoms with Gasteiger partial charge >= 0.3 is 0 Å². The number of nitrogens with zero attached hydrogens (tertiary/aromatic N) is 1. The van der Waals surface area contributed by atoms with Gasteiger partial charge < -0.3 is 10.0 Å². The molecule has 0 saturated carbocycles. The van der Waals surface area contributed by atoms with E-state index in [1.54, 1.807) is 19.1 Å². The van der Waals surface area contributed by atoms with Crippen LogP contribution in [0.15, 0.2) is 24.3 Å². The van der Waals surface area contributed by atoms with Crippen LogP contribution >= 0.6 is 11.6 Å². The summed E-state index contributed by atoms with van der Waals surface area (Å²) in [5.74, 6) is 0.344. The van der Waals surface area contributed by atoms with E-state index in [1.165, 1.54) is 0 Å². The zero-order chi connectivity index (χ0) is 13.1. The molecule has 1 heterocycles. The van der Waals surface area contributed by atoms with Crippen LogP contribution < -0.4 is 0 Å². The second-order valence-electron chi connectivity index (χ2n) is 4.84. The van der Waals surface area contributed by atoms with Gasteiger partial charge in [-0.15, -0.1) is 0 Å². The van der Waals surface area contributed by atoms with Gasteiger partial charge in [-0.3, -0.25) is 4.79 Å². The number of carbonyl (C=O) groups excluding carboxylic acids is 1. The highest BCUT2D eigenvalue weighted by molar-refractivity contribution is 6.30. The van der Waals surface area contributed by atoms with Gasteiger partial charge in [-0.1, -0.05) is 23.7 Å².